The number of benzene rings is 2. The van der Waals surface area contributed by atoms with Gasteiger partial charge in [-0.05, 0) is 36.6 Å². The molecule has 3 heteroatoms. The summed E-state index contributed by atoms with van der Waals surface area (Å²) in [5.41, 5.74) is 3.73. The van der Waals surface area contributed by atoms with Gasteiger partial charge in [0, 0.05) is 10.6 Å². The van der Waals surface area contributed by atoms with Gasteiger partial charge in [0.2, 0.25) is 0 Å². The van der Waals surface area contributed by atoms with Gasteiger partial charge < -0.3 is 5.11 Å². The molecule has 0 saturated carbocycles. The van der Waals surface area contributed by atoms with E-state index in [0.717, 1.165) is 22.3 Å². The zero-order valence-corrected chi connectivity index (χ0v) is 11.0. The molecule has 0 fully saturated rings. The summed E-state index contributed by atoms with van der Waals surface area (Å²) >= 11 is 6.15. The summed E-state index contributed by atoms with van der Waals surface area (Å²) in [5, 5.41) is 9.80. The molecule has 0 aromatic heterocycles. The van der Waals surface area contributed by atoms with E-state index in [1.807, 2.05) is 36.4 Å². The smallest absolute Gasteiger partial charge is 0.336 e. The third-order valence-corrected chi connectivity index (χ3v) is 3.26. The number of carboxylic acids is 1. The van der Waals surface area contributed by atoms with Crippen molar-refractivity contribution < 1.29 is 9.90 Å². The predicted octanol–water partition coefficient (Wildman–Crippen LogP) is 4.32. The molecule has 18 heavy (non-hydrogen) atoms. The van der Waals surface area contributed by atoms with Crippen LogP contribution in [0.2, 0.25) is 5.02 Å². The van der Waals surface area contributed by atoms with E-state index in [-0.39, 0.29) is 0 Å². The Morgan fingerprint density at radius 1 is 1.11 bits per heavy atom. The summed E-state index contributed by atoms with van der Waals surface area (Å²) in [5.74, 6) is -0.893. The topological polar surface area (TPSA) is 37.3 Å². The molecule has 92 valence electrons. The second kappa shape index (κ2) is 4.83. The number of rotatable bonds is 2. The van der Waals surface area contributed by atoms with E-state index in [4.69, 9.17) is 16.7 Å². The maximum absolute atomic E-state index is 11.1. The number of carboxylic acid groups (broad SMARTS) is 1. The standard InChI is InChI=1S/C15H13ClO2/c1-9-7-11(8-10(2)14(9)15(17)18)12-5-3-4-6-13(12)16/h3-8H,1-2H3,(H,17,18). The van der Waals surface area contributed by atoms with Crippen molar-refractivity contribution in [3.63, 3.8) is 0 Å². The summed E-state index contributed by atoms with van der Waals surface area (Å²) in [6.45, 7) is 3.60. The van der Waals surface area contributed by atoms with Crippen LogP contribution in [0.4, 0.5) is 0 Å². The normalized spacial score (nSPS) is 10.4. The molecule has 0 spiro atoms. The van der Waals surface area contributed by atoms with Crippen molar-refractivity contribution >= 4 is 17.6 Å². The summed E-state index contributed by atoms with van der Waals surface area (Å²) < 4.78 is 0. The quantitative estimate of drug-likeness (QED) is 0.873. The van der Waals surface area contributed by atoms with E-state index in [9.17, 15) is 4.79 Å². The second-order valence-electron chi connectivity index (χ2n) is 4.27. The Labute approximate surface area is 111 Å². The highest BCUT2D eigenvalue weighted by molar-refractivity contribution is 6.33. The Bertz CT molecular complexity index is 595. The molecule has 2 rings (SSSR count). The average Bonchev–Trinajstić information content (AvgIpc) is 2.27. The van der Waals surface area contributed by atoms with Crippen LogP contribution in [0.25, 0.3) is 11.1 Å². The van der Waals surface area contributed by atoms with Crippen molar-refractivity contribution in [1.29, 1.82) is 0 Å². The fourth-order valence-corrected chi connectivity index (χ4v) is 2.40. The van der Waals surface area contributed by atoms with Crippen molar-refractivity contribution in [1.82, 2.24) is 0 Å². The maximum Gasteiger partial charge on any atom is 0.336 e. The highest BCUT2D eigenvalue weighted by Gasteiger charge is 2.13. The first-order chi connectivity index (χ1) is 8.50. The Kier molecular flexibility index (Phi) is 3.39. The molecule has 0 amide bonds. The summed E-state index contributed by atoms with van der Waals surface area (Å²) in [7, 11) is 0. The van der Waals surface area contributed by atoms with Crippen LogP contribution >= 0.6 is 11.6 Å². The lowest BCUT2D eigenvalue weighted by Crippen LogP contribution is -2.03. The number of halogens is 1. The lowest BCUT2D eigenvalue weighted by molar-refractivity contribution is 0.0695. The molecule has 2 aromatic carbocycles. The molecule has 0 saturated heterocycles. The third-order valence-electron chi connectivity index (χ3n) is 2.93. The van der Waals surface area contributed by atoms with Gasteiger partial charge in [-0.25, -0.2) is 4.79 Å². The zero-order chi connectivity index (χ0) is 13.3. The largest absolute Gasteiger partial charge is 0.478 e. The van der Waals surface area contributed by atoms with Gasteiger partial charge >= 0.3 is 5.97 Å². The van der Waals surface area contributed by atoms with Gasteiger partial charge in [0.25, 0.3) is 0 Å². The first kappa shape index (κ1) is 12.7. The molecule has 1 N–H and O–H groups in total. The number of carbonyl (C=O) groups is 1. The van der Waals surface area contributed by atoms with Gasteiger partial charge in [0.1, 0.15) is 0 Å². The third kappa shape index (κ3) is 2.24. The SMILES string of the molecule is Cc1cc(-c2ccccc2Cl)cc(C)c1C(=O)O. The molecule has 0 aliphatic rings. The first-order valence-corrected chi connectivity index (χ1v) is 5.98. The van der Waals surface area contributed by atoms with Crippen molar-refractivity contribution in [2.45, 2.75) is 13.8 Å². The highest BCUT2D eigenvalue weighted by Crippen LogP contribution is 2.30. The molecule has 2 nitrogen and oxygen atoms in total. The van der Waals surface area contributed by atoms with Crippen LogP contribution in [0.3, 0.4) is 0 Å². The van der Waals surface area contributed by atoms with Crippen LogP contribution in [0.15, 0.2) is 36.4 Å². The van der Waals surface area contributed by atoms with Gasteiger partial charge in [0.15, 0.2) is 0 Å². The zero-order valence-electron chi connectivity index (χ0n) is 10.2. The molecule has 0 aliphatic carbocycles. The molecule has 0 aliphatic heterocycles. The molecule has 0 bridgehead atoms. The van der Waals surface area contributed by atoms with Crippen molar-refractivity contribution in [3.8, 4) is 11.1 Å². The van der Waals surface area contributed by atoms with Gasteiger partial charge in [-0.2, -0.15) is 0 Å². The van der Waals surface area contributed by atoms with Crippen LogP contribution in [-0.2, 0) is 0 Å². The second-order valence-corrected chi connectivity index (χ2v) is 4.68. The van der Waals surface area contributed by atoms with Crippen LogP contribution in [0.1, 0.15) is 21.5 Å². The Morgan fingerprint density at radius 3 is 2.17 bits per heavy atom. The van der Waals surface area contributed by atoms with Crippen LogP contribution < -0.4 is 0 Å². The molecule has 0 unspecified atom stereocenters. The Morgan fingerprint density at radius 2 is 1.67 bits per heavy atom. The molecule has 0 heterocycles. The van der Waals surface area contributed by atoms with Gasteiger partial charge in [0.05, 0.1) is 5.56 Å². The van der Waals surface area contributed by atoms with Gasteiger partial charge in [-0.3, -0.25) is 0 Å². The summed E-state index contributed by atoms with van der Waals surface area (Å²) in [6.07, 6.45) is 0. The van der Waals surface area contributed by atoms with Crippen LogP contribution in [0, 0.1) is 13.8 Å². The summed E-state index contributed by atoms with van der Waals surface area (Å²) in [4.78, 5) is 11.1. The average molecular weight is 261 g/mol. The monoisotopic (exact) mass is 260 g/mol. The fraction of sp³-hybridized carbons (Fsp3) is 0.133. The fourth-order valence-electron chi connectivity index (χ4n) is 2.15. The van der Waals surface area contributed by atoms with Gasteiger partial charge in [-0.1, -0.05) is 41.9 Å². The van der Waals surface area contributed by atoms with Crippen LogP contribution in [0.5, 0.6) is 0 Å². The van der Waals surface area contributed by atoms with Gasteiger partial charge in [-0.15, -0.1) is 0 Å². The number of aryl methyl sites for hydroxylation is 2. The van der Waals surface area contributed by atoms with Crippen molar-refractivity contribution in [3.05, 3.63) is 58.1 Å². The number of hydrogen-bond acceptors (Lipinski definition) is 1. The molecular formula is C15H13ClO2. The van der Waals surface area contributed by atoms with Crippen molar-refractivity contribution in [2.75, 3.05) is 0 Å². The van der Waals surface area contributed by atoms with Crippen molar-refractivity contribution in [2.24, 2.45) is 0 Å². The first-order valence-electron chi connectivity index (χ1n) is 5.60. The lowest BCUT2D eigenvalue weighted by Gasteiger charge is -2.10. The maximum atomic E-state index is 11.1. The number of aromatic carboxylic acids is 1. The van der Waals surface area contributed by atoms with E-state index in [2.05, 4.69) is 0 Å². The Hall–Kier alpha value is -1.80. The van der Waals surface area contributed by atoms with E-state index >= 15 is 0 Å². The van der Waals surface area contributed by atoms with E-state index < -0.39 is 5.97 Å². The molecular weight excluding hydrogens is 248 g/mol. The van der Waals surface area contributed by atoms with Crippen LogP contribution in [-0.4, -0.2) is 11.1 Å². The molecule has 0 atom stereocenters. The van der Waals surface area contributed by atoms with E-state index in [1.165, 1.54) is 0 Å². The van der Waals surface area contributed by atoms with E-state index in [1.54, 1.807) is 13.8 Å². The minimum Gasteiger partial charge on any atom is -0.478 e. The minimum atomic E-state index is -0.893. The highest BCUT2D eigenvalue weighted by atomic mass is 35.5. The molecule has 2 aromatic rings. The lowest BCUT2D eigenvalue weighted by atomic mass is 9.95. The predicted molar refractivity (Wildman–Crippen MR) is 73.3 cm³/mol. The minimum absolute atomic E-state index is 0.366. The van der Waals surface area contributed by atoms with E-state index in [0.29, 0.717) is 10.6 Å². The summed E-state index contributed by atoms with van der Waals surface area (Å²) in [6, 6.07) is 11.3. The Balaban J connectivity index is 2.62. The molecule has 0 radical (unpaired) electrons. The number of hydrogen-bond donors (Lipinski definition) is 1.